The number of pyridine rings is 1. The molecular weight excluding hydrogens is 444 g/mol. The molecular formula is C28H30N2O5. The molecule has 0 saturated carbocycles. The van der Waals surface area contributed by atoms with Crippen molar-refractivity contribution in [1.29, 1.82) is 0 Å². The van der Waals surface area contributed by atoms with Gasteiger partial charge in [0.25, 0.3) is 0 Å². The van der Waals surface area contributed by atoms with E-state index in [0.717, 1.165) is 24.5 Å². The summed E-state index contributed by atoms with van der Waals surface area (Å²) in [5.74, 6) is 0.0621. The van der Waals surface area contributed by atoms with Crippen molar-refractivity contribution in [2.75, 3.05) is 11.5 Å². The van der Waals surface area contributed by atoms with Crippen molar-refractivity contribution in [3.05, 3.63) is 95.7 Å². The molecule has 0 bridgehead atoms. The molecule has 1 aliphatic rings. The topological polar surface area (TPSA) is 78.0 Å². The highest BCUT2D eigenvalue weighted by Gasteiger charge is 2.39. The van der Waals surface area contributed by atoms with E-state index in [0.29, 0.717) is 6.42 Å². The fourth-order valence-corrected chi connectivity index (χ4v) is 4.22. The van der Waals surface area contributed by atoms with Gasteiger partial charge in [0.15, 0.2) is 0 Å². The lowest BCUT2D eigenvalue weighted by molar-refractivity contribution is -0.154. The zero-order valence-electron chi connectivity index (χ0n) is 20.0. The Morgan fingerprint density at radius 2 is 1.54 bits per heavy atom. The molecule has 1 aliphatic heterocycles. The summed E-state index contributed by atoms with van der Waals surface area (Å²) in [7, 11) is 0. The monoisotopic (exact) mass is 474 g/mol. The van der Waals surface area contributed by atoms with Crippen LogP contribution in [0.15, 0.2) is 79.0 Å². The van der Waals surface area contributed by atoms with Gasteiger partial charge in [0, 0.05) is 39.6 Å². The lowest BCUT2D eigenvalue weighted by Gasteiger charge is -2.24. The number of carbonyl (C=O) groups is 2. The van der Waals surface area contributed by atoms with Crippen LogP contribution in [0.2, 0.25) is 0 Å². The van der Waals surface area contributed by atoms with Crippen molar-refractivity contribution in [3.63, 3.8) is 0 Å². The number of ether oxygens (including phenoxy) is 3. The summed E-state index contributed by atoms with van der Waals surface area (Å²) < 4.78 is 16.6. The largest absolute Gasteiger partial charge is 0.463 e. The third kappa shape index (κ3) is 6.90. The maximum Gasteiger partial charge on any atom is 0.302 e. The molecule has 0 spiro atoms. The van der Waals surface area contributed by atoms with Crippen molar-refractivity contribution in [2.24, 2.45) is 0 Å². The van der Waals surface area contributed by atoms with Gasteiger partial charge >= 0.3 is 11.9 Å². The molecule has 7 heteroatoms. The predicted molar refractivity (Wildman–Crippen MR) is 131 cm³/mol. The Labute approximate surface area is 205 Å². The van der Waals surface area contributed by atoms with Crippen LogP contribution >= 0.6 is 0 Å². The average Bonchev–Trinajstić information content (AvgIpc) is 3.25. The van der Waals surface area contributed by atoms with E-state index in [1.807, 2.05) is 54.7 Å². The number of aromatic nitrogens is 1. The summed E-state index contributed by atoms with van der Waals surface area (Å²) in [5.41, 5.74) is 3.28. The van der Waals surface area contributed by atoms with Crippen LogP contribution in [0, 0.1) is 0 Å². The molecule has 182 valence electrons. The number of hydrogen-bond donors (Lipinski definition) is 0. The van der Waals surface area contributed by atoms with E-state index in [9.17, 15) is 9.59 Å². The van der Waals surface area contributed by atoms with Crippen molar-refractivity contribution in [2.45, 2.75) is 51.7 Å². The van der Waals surface area contributed by atoms with Crippen LogP contribution in [0.3, 0.4) is 0 Å². The highest BCUT2D eigenvalue weighted by Crippen LogP contribution is 2.35. The van der Waals surface area contributed by atoms with Gasteiger partial charge in [-0.25, -0.2) is 4.98 Å². The molecule has 1 fully saturated rings. The zero-order chi connectivity index (χ0) is 24.6. The Kier molecular flexibility index (Phi) is 8.11. The highest BCUT2D eigenvalue weighted by atomic mass is 16.6. The molecule has 2 heterocycles. The summed E-state index contributed by atoms with van der Waals surface area (Å²) in [6.45, 7) is 4.19. The molecule has 0 radical (unpaired) electrons. The molecule has 1 saturated heterocycles. The van der Waals surface area contributed by atoms with E-state index in [1.165, 1.54) is 25.0 Å². The Morgan fingerprint density at radius 1 is 0.914 bits per heavy atom. The number of esters is 2. The minimum Gasteiger partial charge on any atom is -0.463 e. The predicted octanol–water partition coefficient (Wildman–Crippen LogP) is 4.61. The van der Waals surface area contributed by atoms with E-state index in [1.54, 1.807) is 0 Å². The Morgan fingerprint density at radius 3 is 2.06 bits per heavy atom. The maximum absolute atomic E-state index is 11.5. The van der Waals surface area contributed by atoms with Crippen LogP contribution in [-0.4, -0.2) is 35.7 Å². The third-order valence-corrected chi connectivity index (χ3v) is 5.87. The minimum atomic E-state index is -0.514. The summed E-state index contributed by atoms with van der Waals surface area (Å²) in [6.07, 6.45) is 0.981. The molecule has 0 amide bonds. The molecule has 35 heavy (non-hydrogen) atoms. The van der Waals surface area contributed by atoms with Gasteiger partial charge in [-0.3, -0.25) is 9.59 Å². The molecule has 3 aromatic rings. The molecule has 0 unspecified atom stereocenters. The lowest BCUT2D eigenvalue weighted by atomic mass is 10.1. The number of nitrogens with zero attached hydrogens (tertiary/aromatic N) is 2. The van der Waals surface area contributed by atoms with Gasteiger partial charge in [0.2, 0.25) is 0 Å². The fourth-order valence-electron chi connectivity index (χ4n) is 4.22. The molecule has 4 rings (SSSR count). The summed E-state index contributed by atoms with van der Waals surface area (Å²) in [4.78, 5) is 29.8. The van der Waals surface area contributed by atoms with Crippen LogP contribution in [0.25, 0.3) is 0 Å². The normalized spacial score (nSPS) is 19.2. The standard InChI is InChI=1S/C28H30N2O5/c1-20(31)33-19-27-26(34-21(2)32)15-25(35-27)24-13-14-28(29-16-24)30(17-22-9-5-3-6-10-22)18-23-11-7-4-8-12-23/h3-14,16,25-27H,15,17-19H2,1-2H3/t25-,26+,27-/m1/s1. The Balaban J connectivity index is 1.50. The molecule has 0 aliphatic carbocycles. The third-order valence-electron chi connectivity index (χ3n) is 5.87. The zero-order valence-corrected chi connectivity index (χ0v) is 20.0. The van der Waals surface area contributed by atoms with Gasteiger partial charge in [-0.2, -0.15) is 0 Å². The minimum absolute atomic E-state index is 0.0389. The van der Waals surface area contributed by atoms with Crippen LogP contribution < -0.4 is 4.90 Å². The van der Waals surface area contributed by atoms with Gasteiger partial charge in [-0.1, -0.05) is 66.7 Å². The van der Waals surface area contributed by atoms with Crippen LogP contribution in [0.4, 0.5) is 5.82 Å². The van der Waals surface area contributed by atoms with E-state index >= 15 is 0 Å². The van der Waals surface area contributed by atoms with E-state index < -0.39 is 24.1 Å². The second-order valence-corrected chi connectivity index (χ2v) is 8.63. The molecule has 0 N–H and O–H groups in total. The molecule has 7 nitrogen and oxygen atoms in total. The number of carbonyl (C=O) groups excluding carboxylic acids is 2. The van der Waals surface area contributed by atoms with Crippen LogP contribution in [0.1, 0.15) is 43.1 Å². The van der Waals surface area contributed by atoms with E-state index in [2.05, 4.69) is 29.2 Å². The Bertz CT molecular complexity index is 1060. The molecule has 2 aromatic carbocycles. The summed E-state index contributed by atoms with van der Waals surface area (Å²) >= 11 is 0. The second-order valence-electron chi connectivity index (χ2n) is 8.63. The smallest absolute Gasteiger partial charge is 0.302 e. The van der Waals surface area contributed by atoms with Gasteiger partial charge in [0.1, 0.15) is 24.6 Å². The summed E-state index contributed by atoms with van der Waals surface area (Å²) in [5, 5.41) is 0. The fraction of sp³-hybridized carbons (Fsp3) is 0.321. The maximum atomic E-state index is 11.5. The first-order valence-electron chi connectivity index (χ1n) is 11.7. The summed E-state index contributed by atoms with van der Waals surface area (Å²) in [6, 6.07) is 24.6. The van der Waals surface area contributed by atoms with Crippen molar-refractivity contribution >= 4 is 17.8 Å². The van der Waals surface area contributed by atoms with Gasteiger partial charge in [0.05, 0.1) is 6.10 Å². The van der Waals surface area contributed by atoms with Gasteiger partial charge in [-0.15, -0.1) is 0 Å². The van der Waals surface area contributed by atoms with E-state index in [-0.39, 0.29) is 12.7 Å². The van der Waals surface area contributed by atoms with Crippen LogP contribution in [0.5, 0.6) is 0 Å². The second kappa shape index (κ2) is 11.6. The van der Waals surface area contributed by atoms with E-state index in [4.69, 9.17) is 19.2 Å². The Hall–Kier alpha value is -3.71. The van der Waals surface area contributed by atoms with Crippen molar-refractivity contribution < 1.29 is 23.8 Å². The molecule has 3 atom stereocenters. The first-order valence-corrected chi connectivity index (χ1v) is 11.7. The first-order chi connectivity index (χ1) is 17.0. The van der Waals surface area contributed by atoms with Crippen LogP contribution in [-0.2, 0) is 36.9 Å². The average molecular weight is 475 g/mol. The quantitative estimate of drug-likeness (QED) is 0.419. The van der Waals surface area contributed by atoms with Crippen molar-refractivity contribution in [1.82, 2.24) is 4.98 Å². The number of rotatable bonds is 9. The number of benzene rings is 2. The first kappa shape index (κ1) is 24.4. The van der Waals surface area contributed by atoms with Gasteiger partial charge in [-0.05, 0) is 22.8 Å². The lowest BCUT2D eigenvalue weighted by Crippen LogP contribution is -2.31. The number of anilines is 1. The van der Waals surface area contributed by atoms with Gasteiger partial charge < -0.3 is 19.1 Å². The highest BCUT2D eigenvalue weighted by molar-refractivity contribution is 5.66. The molecule has 1 aromatic heterocycles. The SMILES string of the molecule is CC(=O)OC[C@H]1O[C@@H](c2ccc(N(Cc3ccccc3)Cc3ccccc3)nc2)C[C@@H]1OC(C)=O. The van der Waals surface area contributed by atoms with Crippen molar-refractivity contribution in [3.8, 4) is 0 Å². The number of hydrogen-bond acceptors (Lipinski definition) is 7.